The van der Waals surface area contributed by atoms with Crippen molar-refractivity contribution in [3.63, 3.8) is 0 Å². The second-order valence-corrected chi connectivity index (χ2v) is 9.11. The molecule has 1 atom stereocenters. The number of carbonyl (C=O) groups excluding carboxylic acids is 1. The number of rotatable bonds is 4. The van der Waals surface area contributed by atoms with Crippen LogP contribution in [0.2, 0.25) is 0 Å². The zero-order chi connectivity index (χ0) is 19.6. The van der Waals surface area contributed by atoms with Crippen LogP contribution in [-0.2, 0) is 14.8 Å². The van der Waals surface area contributed by atoms with Crippen molar-refractivity contribution < 1.29 is 22.0 Å². The van der Waals surface area contributed by atoms with E-state index < -0.39 is 21.7 Å². The highest BCUT2D eigenvalue weighted by molar-refractivity contribution is 7.89. The Balaban J connectivity index is 1.59. The molecule has 0 aliphatic carbocycles. The van der Waals surface area contributed by atoms with E-state index in [1.54, 1.807) is 4.90 Å². The summed E-state index contributed by atoms with van der Waals surface area (Å²) < 4.78 is 52.9. The molecule has 0 spiro atoms. The van der Waals surface area contributed by atoms with E-state index in [0.29, 0.717) is 31.7 Å². The van der Waals surface area contributed by atoms with Crippen LogP contribution < -0.4 is 0 Å². The van der Waals surface area contributed by atoms with Crippen molar-refractivity contribution in [3.8, 4) is 0 Å². The molecule has 0 aromatic heterocycles. The third-order valence-corrected chi connectivity index (χ3v) is 7.29. The Morgan fingerprint density at radius 1 is 1.07 bits per heavy atom. The summed E-state index contributed by atoms with van der Waals surface area (Å²) in [5.41, 5.74) is 0. The van der Waals surface area contributed by atoms with Crippen LogP contribution in [0.25, 0.3) is 0 Å². The van der Waals surface area contributed by atoms with Crippen LogP contribution in [0, 0.1) is 11.6 Å². The molecular formula is C18H25F2N3O3S. The van der Waals surface area contributed by atoms with Gasteiger partial charge in [0.1, 0.15) is 0 Å². The highest BCUT2D eigenvalue weighted by Gasteiger charge is 2.31. The number of piperazine rings is 1. The summed E-state index contributed by atoms with van der Waals surface area (Å²) in [7, 11) is -3.91. The summed E-state index contributed by atoms with van der Waals surface area (Å²) in [6, 6.07) is 2.95. The average molecular weight is 401 g/mol. The molecule has 2 fully saturated rings. The summed E-state index contributed by atoms with van der Waals surface area (Å²) in [6.45, 7) is 4.27. The van der Waals surface area contributed by atoms with Gasteiger partial charge >= 0.3 is 0 Å². The number of hydrogen-bond acceptors (Lipinski definition) is 4. The smallest absolute Gasteiger partial charge is 0.243 e. The van der Waals surface area contributed by atoms with Gasteiger partial charge in [0.05, 0.1) is 11.4 Å². The van der Waals surface area contributed by atoms with Crippen molar-refractivity contribution in [2.24, 2.45) is 0 Å². The molecule has 3 rings (SSSR count). The molecule has 6 nitrogen and oxygen atoms in total. The molecule has 150 valence electrons. The third-order valence-electron chi connectivity index (χ3n) is 5.40. The molecule has 0 radical (unpaired) electrons. The minimum atomic E-state index is -3.91. The number of amides is 1. The maximum atomic E-state index is 13.4. The van der Waals surface area contributed by atoms with Gasteiger partial charge in [-0.15, -0.1) is 0 Å². The lowest BCUT2D eigenvalue weighted by molar-refractivity contribution is -0.134. The number of nitrogens with zero attached hydrogens (tertiary/aromatic N) is 3. The average Bonchev–Trinajstić information content (AvgIpc) is 2.65. The molecule has 1 aromatic carbocycles. The van der Waals surface area contributed by atoms with Crippen LogP contribution >= 0.6 is 0 Å². The first-order chi connectivity index (χ1) is 12.8. The summed E-state index contributed by atoms with van der Waals surface area (Å²) >= 11 is 0. The standard InChI is InChI=1S/C18H25F2N3O3S/c1-14-4-2-3-7-22(14)13-18(24)21-8-10-23(11-9-21)27(25,26)15-5-6-16(19)17(20)12-15/h5-6,12,14H,2-4,7-11,13H2,1H3. The monoisotopic (exact) mass is 401 g/mol. The van der Waals surface area contributed by atoms with Gasteiger partial charge in [-0.05, 0) is 44.5 Å². The molecule has 1 unspecified atom stereocenters. The van der Waals surface area contributed by atoms with E-state index in [0.717, 1.165) is 31.5 Å². The van der Waals surface area contributed by atoms with Crippen molar-refractivity contribution in [2.75, 3.05) is 39.3 Å². The molecule has 9 heteroatoms. The van der Waals surface area contributed by atoms with E-state index in [-0.39, 0.29) is 23.9 Å². The summed E-state index contributed by atoms with van der Waals surface area (Å²) in [4.78, 5) is 16.1. The van der Waals surface area contributed by atoms with Crippen molar-refractivity contribution in [3.05, 3.63) is 29.8 Å². The number of sulfonamides is 1. The van der Waals surface area contributed by atoms with E-state index in [9.17, 15) is 22.0 Å². The van der Waals surface area contributed by atoms with Gasteiger partial charge < -0.3 is 4.90 Å². The maximum Gasteiger partial charge on any atom is 0.243 e. The normalized spacial score (nSPS) is 22.8. The van der Waals surface area contributed by atoms with Gasteiger partial charge in [-0.3, -0.25) is 9.69 Å². The summed E-state index contributed by atoms with van der Waals surface area (Å²) in [6.07, 6.45) is 3.37. The van der Waals surface area contributed by atoms with Gasteiger partial charge in [0.25, 0.3) is 0 Å². The molecule has 2 aliphatic heterocycles. The molecular weight excluding hydrogens is 376 g/mol. The van der Waals surface area contributed by atoms with Crippen LogP contribution in [0.4, 0.5) is 8.78 Å². The van der Waals surface area contributed by atoms with E-state index in [4.69, 9.17) is 0 Å². The largest absolute Gasteiger partial charge is 0.339 e. The minimum absolute atomic E-state index is 0.00799. The number of benzene rings is 1. The molecule has 27 heavy (non-hydrogen) atoms. The SMILES string of the molecule is CC1CCCCN1CC(=O)N1CCN(S(=O)(=O)c2ccc(F)c(F)c2)CC1. The number of piperidine rings is 1. The fraction of sp³-hybridized carbons (Fsp3) is 0.611. The number of halogens is 2. The zero-order valence-corrected chi connectivity index (χ0v) is 16.2. The minimum Gasteiger partial charge on any atom is -0.339 e. The topological polar surface area (TPSA) is 60.9 Å². The van der Waals surface area contributed by atoms with Crippen LogP contribution in [0.15, 0.2) is 23.1 Å². The van der Waals surface area contributed by atoms with Crippen LogP contribution in [0.3, 0.4) is 0 Å². The Labute approximate surface area is 158 Å². The van der Waals surface area contributed by atoms with Gasteiger partial charge in [0.15, 0.2) is 11.6 Å². The van der Waals surface area contributed by atoms with E-state index in [2.05, 4.69) is 11.8 Å². The Kier molecular flexibility index (Phi) is 6.12. The van der Waals surface area contributed by atoms with Gasteiger partial charge in [0.2, 0.25) is 15.9 Å². The maximum absolute atomic E-state index is 13.4. The van der Waals surface area contributed by atoms with Crippen LogP contribution in [0.1, 0.15) is 26.2 Å². The summed E-state index contributed by atoms with van der Waals surface area (Å²) in [5, 5.41) is 0. The molecule has 2 heterocycles. The lowest BCUT2D eigenvalue weighted by Gasteiger charge is -2.37. The fourth-order valence-electron chi connectivity index (χ4n) is 3.63. The van der Waals surface area contributed by atoms with Crippen molar-refractivity contribution in [1.29, 1.82) is 0 Å². The van der Waals surface area contributed by atoms with E-state index in [1.165, 1.54) is 10.7 Å². The molecule has 0 bridgehead atoms. The predicted molar refractivity (Wildman–Crippen MR) is 96.6 cm³/mol. The number of hydrogen-bond donors (Lipinski definition) is 0. The van der Waals surface area contributed by atoms with Crippen molar-refractivity contribution >= 4 is 15.9 Å². The Morgan fingerprint density at radius 2 is 1.78 bits per heavy atom. The van der Waals surface area contributed by atoms with E-state index in [1.807, 2.05) is 0 Å². The van der Waals surface area contributed by atoms with Crippen molar-refractivity contribution in [2.45, 2.75) is 37.1 Å². The van der Waals surface area contributed by atoms with E-state index >= 15 is 0 Å². The van der Waals surface area contributed by atoms with Gasteiger partial charge in [-0.2, -0.15) is 4.31 Å². The summed E-state index contributed by atoms with van der Waals surface area (Å²) in [5.74, 6) is -2.27. The third kappa shape index (κ3) is 4.47. The first-order valence-corrected chi connectivity index (χ1v) is 10.7. The highest BCUT2D eigenvalue weighted by atomic mass is 32.2. The zero-order valence-electron chi connectivity index (χ0n) is 15.4. The van der Waals surface area contributed by atoms with Gasteiger partial charge in [0, 0.05) is 32.2 Å². The van der Waals surface area contributed by atoms with Crippen molar-refractivity contribution in [1.82, 2.24) is 14.1 Å². The Hall–Kier alpha value is -1.58. The lowest BCUT2D eigenvalue weighted by atomic mass is 10.0. The van der Waals surface area contributed by atoms with Crippen LogP contribution in [-0.4, -0.2) is 73.7 Å². The number of carbonyl (C=O) groups is 1. The molecule has 1 amide bonds. The highest BCUT2D eigenvalue weighted by Crippen LogP contribution is 2.21. The first kappa shape index (κ1) is 20.2. The quantitative estimate of drug-likeness (QED) is 0.770. The molecule has 2 saturated heterocycles. The first-order valence-electron chi connectivity index (χ1n) is 9.26. The Morgan fingerprint density at radius 3 is 2.41 bits per heavy atom. The Bertz CT molecular complexity index is 795. The fourth-order valence-corrected chi connectivity index (χ4v) is 5.07. The van der Waals surface area contributed by atoms with Crippen LogP contribution in [0.5, 0.6) is 0 Å². The molecule has 0 N–H and O–H groups in total. The second kappa shape index (κ2) is 8.20. The van der Waals surface area contributed by atoms with Gasteiger partial charge in [-0.25, -0.2) is 17.2 Å². The predicted octanol–water partition coefficient (Wildman–Crippen LogP) is 1.67. The number of likely N-dealkylation sites (tertiary alicyclic amines) is 1. The van der Waals surface area contributed by atoms with Gasteiger partial charge in [-0.1, -0.05) is 6.42 Å². The second-order valence-electron chi connectivity index (χ2n) is 7.18. The lowest BCUT2D eigenvalue weighted by Crippen LogP contribution is -2.53. The molecule has 1 aromatic rings. The molecule has 2 aliphatic rings. The molecule has 0 saturated carbocycles.